The standard InChI is InChI=1S/C17H25N3O2/c1-12(2)16(21)20-15-7-5-13(6-8-15)10-19-17(22)14-4-3-9-18-11-14/h5-8,12,14,18H,3-4,9-11H2,1-2H3,(H,19,22)(H,20,21). The first kappa shape index (κ1) is 16.5. The van der Waals surface area contributed by atoms with Crippen molar-refractivity contribution in [2.24, 2.45) is 11.8 Å². The monoisotopic (exact) mass is 303 g/mol. The van der Waals surface area contributed by atoms with Gasteiger partial charge >= 0.3 is 0 Å². The number of amides is 2. The smallest absolute Gasteiger partial charge is 0.226 e. The molecule has 120 valence electrons. The van der Waals surface area contributed by atoms with E-state index in [-0.39, 0.29) is 23.7 Å². The lowest BCUT2D eigenvalue weighted by Crippen LogP contribution is -2.40. The zero-order chi connectivity index (χ0) is 15.9. The van der Waals surface area contributed by atoms with Gasteiger partial charge in [0.1, 0.15) is 0 Å². The first-order chi connectivity index (χ1) is 10.6. The number of benzene rings is 1. The molecule has 5 nitrogen and oxygen atoms in total. The molecule has 1 aliphatic heterocycles. The van der Waals surface area contributed by atoms with Crippen molar-refractivity contribution in [3.63, 3.8) is 0 Å². The van der Waals surface area contributed by atoms with Gasteiger partial charge in [-0.25, -0.2) is 0 Å². The van der Waals surface area contributed by atoms with Gasteiger partial charge in [-0.1, -0.05) is 26.0 Å². The lowest BCUT2D eigenvalue weighted by Gasteiger charge is -2.21. The van der Waals surface area contributed by atoms with Gasteiger partial charge in [0.2, 0.25) is 11.8 Å². The third kappa shape index (κ3) is 4.84. The maximum atomic E-state index is 12.1. The van der Waals surface area contributed by atoms with Crippen molar-refractivity contribution in [2.45, 2.75) is 33.2 Å². The average Bonchev–Trinajstić information content (AvgIpc) is 2.54. The number of nitrogens with one attached hydrogen (secondary N) is 3. The van der Waals surface area contributed by atoms with Crippen LogP contribution in [0.15, 0.2) is 24.3 Å². The van der Waals surface area contributed by atoms with E-state index in [0.717, 1.165) is 37.2 Å². The molecule has 0 bridgehead atoms. The van der Waals surface area contributed by atoms with E-state index in [2.05, 4.69) is 16.0 Å². The van der Waals surface area contributed by atoms with Crippen LogP contribution in [-0.2, 0) is 16.1 Å². The summed E-state index contributed by atoms with van der Waals surface area (Å²) in [5.41, 5.74) is 1.81. The Balaban J connectivity index is 1.81. The molecule has 1 fully saturated rings. The molecule has 1 heterocycles. The van der Waals surface area contributed by atoms with Gasteiger partial charge in [0.05, 0.1) is 5.92 Å². The Morgan fingerprint density at radius 3 is 2.59 bits per heavy atom. The number of carbonyl (C=O) groups is 2. The van der Waals surface area contributed by atoms with Crippen LogP contribution in [0.25, 0.3) is 0 Å². The van der Waals surface area contributed by atoms with Crippen LogP contribution in [0.4, 0.5) is 5.69 Å². The highest BCUT2D eigenvalue weighted by atomic mass is 16.2. The van der Waals surface area contributed by atoms with Crippen LogP contribution in [0.1, 0.15) is 32.3 Å². The summed E-state index contributed by atoms with van der Waals surface area (Å²) in [6.45, 7) is 6.02. The molecule has 1 aromatic rings. The molecule has 0 spiro atoms. The first-order valence-corrected chi connectivity index (χ1v) is 7.94. The minimum absolute atomic E-state index is 0.00542. The van der Waals surface area contributed by atoms with Crippen molar-refractivity contribution in [3.8, 4) is 0 Å². The summed E-state index contributed by atoms with van der Waals surface area (Å²) in [4.78, 5) is 23.7. The lowest BCUT2D eigenvalue weighted by molar-refractivity contribution is -0.125. The summed E-state index contributed by atoms with van der Waals surface area (Å²) in [5.74, 6) is 0.164. The SMILES string of the molecule is CC(C)C(=O)Nc1ccc(CNC(=O)C2CCCNC2)cc1. The van der Waals surface area contributed by atoms with Gasteiger partial charge in [0.25, 0.3) is 0 Å². The van der Waals surface area contributed by atoms with Crippen molar-refractivity contribution in [2.75, 3.05) is 18.4 Å². The van der Waals surface area contributed by atoms with E-state index in [4.69, 9.17) is 0 Å². The molecule has 5 heteroatoms. The van der Waals surface area contributed by atoms with E-state index in [1.165, 1.54) is 0 Å². The molecule has 2 amide bonds. The average molecular weight is 303 g/mol. The van der Waals surface area contributed by atoms with Crippen LogP contribution in [0.2, 0.25) is 0 Å². The molecular weight excluding hydrogens is 278 g/mol. The van der Waals surface area contributed by atoms with Crippen LogP contribution in [-0.4, -0.2) is 24.9 Å². The van der Waals surface area contributed by atoms with Crippen molar-refractivity contribution >= 4 is 17.5 Å². The molecule has 0 aromatic heterocycles. The fraction of sp³-hybridized carbons (Fsp3) is 0.529. The van der Waals surface area contributed by atoms with Crippen LogP contribution in [0.5, 0.6) is 0 Å². The Morgan fingerprint density at radius 1 is 1.27 bits per heavy atom. The first-order valence-electron chi connectivity index (χ1n) is 7.94. The summed E-state index contributed by atoms with van der Waals surface area (Å²) in [6.07, 6.45) is 2.02. The van der Waals surface area contributed by atoms with Crippen LogP contribution in [0, 0.1) is 11.8 Å². The van der Waals surface area contributed by atoms with Gasteiger partial charge in [-0.15, -0.1) is 0 Å². The normalized spacial score (nSPS) is 18.0. The molecule has 1 atom stereocenters. The maximum absolute atomic E-state index is 12.1. The molecule has 1 aromatic carbocycles. The van der Waals surface area contributed by atoms with E-state index in [1.54, 1.807) is 0 Å². The molecule has 1 unspecified atom stereocenters. The highest BCUT2D eigenvalue weighted by molar-refractivity contribution is 5.92. The van der Waals surface area contributed by atoms with Crippen molar-refractivity contribution in [1.82, 2.24) is 10.6 Å². The van der Waals surface area contributed by atoms with Crippen molar-refractivity contribution in [3.05, 3.63) is 29.8 Å². The van der Waals surface area contributed by atoms with E-state index in [1.807, 2.05) is 38.1 Å². The van der Waals surface area contributed by atoms with Crippen LogP contribution in [0.3, 0.4) is 0 Å². The van der Waals surface area contributed by atoms with Gasteiger partial charge in [-0.2, -0.15) is 0 Å². The Kier molecular flexibility index (Phi) is 5.95. The fourth-order valence-electron chi connectivity index (χ4n) is 2.40. The van der Waals surface area contributed by atoms with Gasteiger partial charge in [-0.05, 0) is 37.1 Å². The summed E-state index contributed by atoms with van der Waals surface area (Å²) < 4.78 is 0. The van der Waals surface area contributed by atoms with Crippen molar-refractivity contribution in [1.29, 1.82) is 0 Å². The molecule has 22 heavy (non-hydrogen) atoms. The maximum Gasteiger partial charge on any atom is 0.226 e. The zero-order valence-electron chi connectivity index (χ0n) is 13.3. The van der Waals surface area contributed by atoms with E-state index >= 15 is 0 Å². The quantitative estimate of drug-likeness (QED) is 0.778. The third-order valence-electron chi connectivity index (χ3n) is 3.88. The third-order valence-corrected chi connectivity index (χ3v) is 3.88. The minimum Gasteiger partial charge on any atom is -0.352 e. The number of carbonyl (C=O) groups excluding carboxylic acids is 2. The number of rotatable bonds is 5. The predicted octanol–water partition coefficient (Wildman–Crippen LogP) is 1.90. The minimum atomic E-state index is -0.0388. The molecule has 1 saturated heterocycles. The van der Waals surface area contributed by atoms with E-state index in [9.17, 15) is 9.59 Å². The fourth-order valence-corrected chi connectivity index (χ4v) is 2.40. The molecule has 0 saturated carbocycles. The summed E-state index contributed by atoms with van der Waals surface area (Å²) in [7, 11) is 0. The molecular formula is C17H25N3O2. The highest BCUT2D eigenvalue weighted by Crippen LogP contribution is 2.12. The van der Waals surface area contributed by atoms with Gasteiger partial charge < -0.3 is 16.0 Å². The van der Waals surface area contributed by atoms with Crippen molar-refractivity contribution < 1.29 is 9.59 Å². The Hall–Kier alpha value is -1.88. The summed E-state index contributed by atoms with van der Waals surface area (Å²) in [5, 5.41) is 9.08. The van der Waals surface area contributed by atoms with Crippen LogP contribution < -0.4 is 16.0 Å². The topological polar surface area (TPSA) is 70.2 Å². The van der Waals surface area contributed by atoms with Crippen LogP contribution >= 0.6 is 0 Å². The van der Waals surface area contributed by atoms with Gasteiger partial charge in [0, 0.05) is 24.7 Å². The lowest BCUT2D eigenvalue weighted by atomic mass is 9.99. The second-order valence-corrected chi connectivity index (χ2v) is 6.10. The Bertz CT molecular complexity index is 505. The van der Waals surface area contributed by atoms with E-state index < -0.39 is 0 Å². The molecule has 1 aliphatic rings. The number of piperidine rings is 1. The largest absolute Gasteiger partial charge is 0.352 e. The molecule has 0 aliphatic carbocycles. The number of anilines is 1. The highest BCUT2D eigenvalue weighted by Gasteiger charge is 2.20. The number of hydrogen-bond donors (Lipinski definition) is 3. The second-order valence-electron chi connectivity index (χ2n) is 6.10. The summed E-state index contributed by atoms with van der Waals surface area (Å²) in [6, 6.07) is 7.58. The van der Waals surface area contributed by atoms with Gasteiger partial charge in [-0.3, -0.25) is 9.59 Å². The Labute approximate surface area is 131 Å². The Morgan fingerprint density at radius 2 is 2.00 bits per heavy atom. The van der Waals surface area contributed by atoms with Gasteiger partial charge in [0.15, 0.2) is 0 Å². The molecule has 2 rings (SSSR count). The zero-order valence-corrected chi connectivity index (χ0v) is 13.3. The molecule has 3 N–H and O–H groups in total. The molecule has 0 radical (unpaired) electrons. The predicted molar refractivity (Wildman–Crippen MR) is 87.4 cm³/mol. The summed E-state index contributed by atoms with van der Waals surface area (Å²) >= 11 is 0. The number of hydrogen-bond acceptors (Lipinski definition) is 3. The van der Waals surface area contributed by atoms with E-state index in [0.29, 0.717) is 6.54 Å². The second kappa shape index (κ2) is 7.94.